The SMILES string of the molecule is CC(c1ccc(F)cc1)C(CN)N(C)C. The molecule has 3 heteroatoms. The van der Waals surface area contributed by atoms with E-state index in [0.29, 0.717) is 12.5 Å². The highest BCUT2D eigenvalue weighted by atomic mass is 19.1. The molecule has 84 valence electrons. The van der Waals surface area contributed by atoms with Gasteiger partial charge >= 0.3 is 0 Å². The van der Waals surface area contributed by atoms with Crippen molar-refractivity contribution < 1.29 is 4.39 Å². The lowest BCUT2D eigenvalue weighted by atomic mass is 9.92. The molecule has 0 saturated carbocycles. The normalized spacial score (nSPS) is 15.3. The summed E-state index contributed by atoms with van der Waals surface area (Å²) in [5.74, 6) is 0.116. The van der Waals surface area contributed by atoms with Gasteiger partial charge in [0.1, 0.15) is 5.82 Å². The Labute approximate surface area is 90.9 Å². The summed E-state index contributed by atoms with van der Waals surface area (Å²) in [5.41, 5.74) is 6.85. The van der Waals surface area contributed by atoms with Crippen LogP contribution in [0.3, 0.4) is 0 Å². The van der Waals surface area contributed by atoms with Crippen LogP contribution in [0.5, 0.6) is 0 Å². The first-order valence-electron chi connectivity index (χ1n) is 5.18. The summed E-state index contributed by atoms with van der Waals surface area (Å²) < 4.78 is 12.8. The molecule has 0 amide bonds. The minimum atomic E-state index is -0.194. The van der Waals surface area contributed by atoms with Gasteiger partial charge in [0, 0.05) is 12.6 Å². The van der Waals surface area contributed by atoms with Crippen molar-refractivity contribution in [1.82, 2.24) is 4.90 Å². The van der Waals surface area contributed by atoms with Crippen molar-refractivity contribution in [2.24, 2.45) is 5.73 Å². The molecule has 0 aromatic heterocycles. The number of hydrogen-bond acceptors (Lipinski definition) is 2. The maximum atomic E-state index is 12.8. The van der Waals surface area contributed by atoms with Crippen molar-refractivity contribution in [2.45, 2.75) is 18.9 Å². The van der Waals surface area contributed by atoms with Gasteiger partial charge in [-0.25, -0.2) is 4.39 Å². The zero-order valence-corrected chi connectivity index (χ0v) is 9.57. The van der Waals surface area contributed by atoms with E-state index < -0.39 is 0 Å². The Kier molecular flexibility index (Phi) is 4.24. The molecule has 2 N–H and O–H groups in total. The molecule has 0 radical (unpaired) electrons. The fourth-order valence-electron chi connectivity index (χ4n) is 1.85. The van der Waals surface area contributed by atoms with Gasteiger partial charge in [-0.05, 0) is 37.7 Å². The molecule has 15 heavy (non-hydrogen) atoms. The zero-order valence-electron chi connectivity index (χ0n) is 9.57. The molecule has 1 aromatic rings. The molecule has 0 aliphatic rings. The van der Waals surface area contributed by atoms with E-state index in [4.69, 9.17) is 5.73 Å². The van der Waals surface area contributed by atoms with Crippen LogP contribution in [0.1, 0.15) is 18.4 Å². The number of likely N-dealkylation sites (N-methyl/N-ethyl adjacent to an activating group) is 1. The molecule has 0 bridgehead atoms. The minimum Gasteiger partial charge on any atom is -0.329 e. The number of nitrogens with two attached hydrogens (primary N) is 1. The van der Waals surface area contributed by atoms with E-state index in [0.717, 1.165) is 5.56 Å². The Balaban J connectivity index is 2.82. The van der Waals surface area contributed by atoms with E-state index in [2.05, 4.69) is 11.8 Å². The smallest absolute Gasteiger partial charge is 0.123 e. The fourth-order valence-corrected chi connectivity index (χ4v) is 1.85. The molecule has 2 atom stereocenters. The van der Waals surface area contributed by atoms with Crippen molar-refractivity contribution >= 4 is 0 Å². The van der Waals surface area contributed by atoms with Crippen LogP contribution in [0.15, 0.2) is 24.3 Å². The fraction of sp³-hybridized carbons (Fsp3) is 0.500. The Morgan fingerprint density at radius 1 is 1.27 bits per heavy atom. The van der Waals surface area contributed by atoms with Gasteiger partial charge in [0.25, 0.3) is 0 Å². The van der Waals surface area contributed by atoms with Gasteiger partial charge in [0.05, 0.1) is 0 Å². The lowest BCUT2D eigenvalue weighted by Gasteiger charge is -2.29. The predicted molar refractivity (Wildman–Crippen MR) is 61.3 cm³/mol. The van der Waals surface area contributed by atoms with Crippen LogP contribution >= 0.6 is 0 Å². The summed E-state index contributed by atoms with van der Waals surface area (Å²) >= 11 is 0. The standard InChI is InChI=1S/C12H19FN2/c1-9(12(8-14)15(2)3)10-4-6-11(13)7-5-10/h4-7,9,12H,8,14H2,1-3H3. The second-order valence-electron chi connectivity index (χ2n) is 4.11. The molecule has 0 saturated heterocycles. The zero-order chi connectivity index (χ0) is 11.4. The molecular formula is C12H19FN2. The topological polar surface area (TPSA) is 29.3 Å². The van der Waals surface area contributed by atoms with Crippen LogP contribution in [0, 0.1) is 5.82 Å². The number of hydrogen-bond donors (Lipinski definition) is 1. The van der Waals surface area contributed by atoms with Crippen molar-refractivity contribution in [3.63, 3.8) is 0 Å². The first kappa shape index (κ1) is 12.1. The molecule has 2 nitrogen and oxygen atoms in total. The van der Waals surface area contributed by atoms with E-state index in [-0.39, 0.29) is 11.9 Å². The first-order valence-corrected chi connectivity index (χ1v) is 5.18. The summed E-state index contributed by atoms with van der Waals surface area (Å²) in [7, 11) is 4.02. The molecule has 1 rings (SSSR count). The summed E-state index contributed by atoms with van der Waals surface area (Å²) in [5, 5.41) is 0. The molecule has 2 unspecified atom stereocenters. The molecule has 0 heterocycles. The third kappa shape index (κ3) is 3.01. The summed E-state index contributed by atoms with van der Waals surface area (Å²) in [6, 6.07) is 6.93. The summed E-state index contributed by atoms with van der Waals surface area (Å²) in [6.07, 6.45) is 0. The maximum absolute atomic E-state index is 12.8. The number of benzene rings is 1. The van der Waals surface area contributed by atoms with Gasteiger partial charge in [-0.2, -0.15) is 0 Å². The van der Waals surface area contributed by atoms with Crippen LogP contribution in [0.25, 0.3) is 0 Å². The summed E-state index contributed by atoms with van der Waals surface area (Å²) in [4.78, 5) is 2.11. The highest BCUT2D eigenvalue weighted by Gasteiger charge is 2.19. The van der Waals surface area contributed by atoms with Gasteiger partial charge in [0.2, 0.25) is 0 Å². The van der Waals surface area contributed by atoms with E-state index in [9.17, 15) is 4.39 Å². The molecule has 0 aliphatic carbocycles. The second kappa shape index (κ2) is 5.24. The summed E-state index contributed by atoms with van der Waals surface area (Å²) in [6.45, 7) is 2.72. The Morgan fingerprint density at radius 2 is 1.80 bits per heavy atom. The Bertz CT molecular complexity index is 295. The molecule has 0 spiro atoms. The van der Waals surface area contributed by atoms with Crippen LogP contribution in [0.4, 0.5) is 4.39 Å². The quantitative estimate of drug-likeness (QED) is 0.821. The average molecular weight is 210 g/mol. The van der Waals surface area contributed by atoms with E-state index in [1.165, 1.54) is 12.1 Å². The van der Waals surface area contributed by atoms with Gasteiger partial charge in [-0.15, -0.1) is 0 Å². The average Bonchev–Trinajstić information content (AvgIpc) is 2.19. The van der Waals surface area contributed by atoms with E-state index >= 15 is 0 Å². The predicted octanol–water partition coefficient (Wildman–Crippen LogP) is 1.82. The Morgan fingerprint density at radius 3 is 2.20 bits per heavy atom. The largest absolute Gasteiger partial charge is 0.329 e. The third-order valence-electron chi connectivity index (χ3n) is 2.88. The molecular weight excluding hydrogens is 191 g/mol. The van der Waals surface area contributed by atoms with Gasteiger partial charge in [-0.3, -0.25) is 0 Å². The number of halogens is 1. The number of nitrogens with zero attached hydrogens (tertiary/aromatic N) is 1. The van der Waals surface area contributed by atoms with Crippen LogP contribution in [-0.4, -0.2) is 31.6 Å². The monoisotopic (exact) mass is 210 g/mol. The highest BCUT2D eigenvalue weighted by molar-refractivity contribution is 5.21. The van der Waals surface area contributed by atoms with Crippen molar-refractivity contribution in [3.05, 3.63) is 35.6 Å². The highest BCUT2D eigenvalue weighted by Crippen LogP contribution is 2.21. The molecule has 0 aliphatic heterocycles. The van der Waals surface area contributed by atoms with Crippen LogP contribution in [-0.2, 0) is 0 Å². The third-order valence-corrected chi connectivity index (χ3v) is 2.88. The van der Waals surface area contributed by atoms with Crippen molar-refractivity contribution in [3.8, 4) is 0 Å². The van der Waals surface area contributed by atoms with Crippen LogP contribution < -0.4 is 5.73 Å². The van der Waals surface area contributed by atoms with E-state index in [1.54, 1.807) is 0 Å². The van der Waals surface area contributed by atoms with Gasteiger partial charge in [-0.1, -0.05) is 19.1 Å². The molecule has 0 fully saturated rings. The van der Waals surface area contributed by atoms with Gasteiger partial charge < -0.3 is 10.6 Å². The van der Waals surface area contributed by atoms with Crippen LogP contribution in [0.2, 0.25) is 0 Å². The van der Waals surface area contributed by atoms with E-state index in [1.807, 2.05) is 26.2 Å². The lowest BCUT2D eigenvalue weighted by molar-refractivity contribution is 0.266. The van der Waals surface area contributed by atoms with Gasteiger partial charge in [0.15, 0.2) is 0 Å². The lowest BCUT2D eigenvalue weighted by Crippen LogP contribution is -2.39. The maximum Gasteiger partial charge on any atom is 0.123 e. The molecule has 1 aromatic carbocycles. The minimum absolute atomic E-state index is 0.194. The first-order chi connectivity index (χ1) is 7.06. The van der Waals surface area contributed by atoms with Crippen molar-refractivity contribution in [2.75, 3.05) is 20.6 Å². The number of rotatable bonds is 4. The Hall–Kier alpha value is -0.930. The second-order valence-corrected chi connectivity index (χ2v) is 4.11. The van der Waals surface area contributed by atoms with Crippen molar-refractivity contribution in [1.29, 1.82) is 0 Å².